The van der Waals surface area contributed by atoms with Crippen molar-refractivity contribution >= 4 is 0 Å². The highest BCUT2D eigenvalue weighted by Crippen LogP contribution is 2.56. The summed E-state index contributed by atoms with van der Waals surface area (Å²) in [4.78, 5) is 0. The molecule has 1 aromatic carbocycles. The van der Waals surface area contributed by atoms with E-state index in [1.165, 1.54) is 26.2 Å². The average Bonchev–Trinajstić information content (AvgIpc) is 3.08. The number of hydrogen-bond donors (Lipinski definition) is 0. The first-order valence-corrected chi connectivity index (χ1v) is 6.20. The van der Waals surface area contributed by atoms with E-state index in [1.807, 2.05) is 0 Å². The van der Waals surface area contributed by atoms with Gasteiger partial charge in [0.25, 0.3) is 0 Å². The van der Waals surface area contributed by atoms with Crippen LogP contribution in [-0.4, -0.2) is 13.3 Å². The lowest BCUT2D eigenvalue weighted by molar-refractivity contribution is -0.173. The van der Waals surface area contributed by atoms with Gasteiger partial charge in [-0.05, 0) is 30.7 Å². The molecule has 1 unspecified atom stereocenters. The van der Waals surface area contributed by atoms with Gasteiger partial charge < -0.3 is 4.74 Å². The summed E-state index contributed by atoms with van der Waals surface area (Å²) in [6.45, 7) is 1.17. The Kier molecular flexibility index (Phi) is 3.49. The maximum absolute atomic E-state index is 13.6. The number of methoxy groups -OCH3 is 1. The van der Waals surface area contributed by atoms with Crippen LogP contribution in [0, 0.1) is 11.7 Å². The Balaban J connectivity index is 2.29. The number of benzene rings is 1. The molecule has 106 valence electrons. The zero-order valence-corrected chi connectivity index (χ0v) is 10.9. The van der Waals surface area contributed by atoms with E-state index in [0.717, 1.165) is 0 Å². The van der Waals surface area contributed by atoms with Gasteiger partial charge in [-0.1, -0.05) is 19.1 Å². The summed E-state index contributed by atoms with van der Waals surface area (Å²) >= 11 is 0. The molecule has 0 spiro atoms. The molecular formula is C14H16F4O. The normalized spacial score (nSPS) is 19.1. The Labute approximate surface area is 109 Å². The molecule has 1 nitrogen and oxygen atoms in total. The second-order valence-electron chi connectivity index (χ2n) is 5.25. The van der Waals surface area contributed by atoms with Gasteiger partial charge in [-0.2, -0.15) is 13.2 Å². The molecule has 5 heteroatoms. The van der Waals surface area contributed by atoms with Crippen LogP contribution in [0.1, 0.15) is 31.7 Å². The van der Waals surface area contributed by atoms with E-state index in [-0.39, 0.29) is 12.2 Å². The van der Waals surface area contributed by atoms with E-state index in [2.05, 4.69) is 0 Å². The Morgan fingerprint density at radius 2 is 1.95 bits per heavy atom. The quantitative estimate of drug-likeness (QED) is 0.738. The molecule has 0 N–H and O–H groups in total. The average molecular weight is 276 g/mol. The van der Waals surface area contributed by atoms with Gasteiger partial charge >= 0.3 is 6.18 Å². The summed E-state index contributed by atoms with van der Waals surface area (Å²) in [7, 11) is 1.34. The smallest absolute Gasteiger partial charge is 0.391 e. The first kappa shape index (κ1) is 14.2. The van der Waals surface area contributed by atoms with E-state index in [4.69, 9.17) is 4.74 Å². The van der Waals surface area contributed by atoms with Gasteiger partial charge in [0.15, 0.2) is 11.6 Å². The molecule has 0 aliphatic heterocycles. The van der Waals surface area contributed by atoms with Crippen LogP contribution in [0.4, 0.5) is 17.6 Å². The molecule has 2 rings (SSSR count). The van der Waals surface area contributed by atoms with Crippen LogP contribution in [0.5, 0.6) is 5.75 Å². The summed E-state index contributed by atoms with van der Waals surface area (Å²) in [5, 5.41) is 0. The van der Waals surface area contributed by atoms with Crippen LogP contribution in [0.3, 0.4) is 0 Å². The maximum atomic E-state index is 13.6. The highest BCUT2D eigenvalue weighted by molar-refractivity contribution is 5.44. The van der Waals surface area contributed by atoms with Gasteiger partial charge in [0.05, 0.1) is 13.0 Å². The lowest BCUT2D eigenvalue weighted by atomic mass is 9.85. The Morgan fingerprint density at radius 1 is 1.32 bits per heavy atom. The predicted octanol–water partition coefficient (Wildman–Crippen LogP) is 4.45. The largest absolute Gasteiger partial charge is 0.493 e. The monoisotopic (exact) mass is 276 g/mol. The van der Waals surface area contributed by atoms with Crippen LogP contribution >= 0.6 is 0 Å². The van der Waals surface area contributed by atoms with Crippen molar-refractivity contribution in [1.29, 1.82) is 0 Å². The van der Waals surface area contributed by atoms with Crippen LogP contribution < -0.4 is 4.74 Å². The van der Waals surface area contributed by atoms with E-state index in [1.54, 1.807) is 6.07 Å². The first-order chi connectivity index (χ1) is 8.80. The number of alkyl halides is 3. The minimum absolute atomic E-state index is 0.0175. The predicted molar refractivity (Wildman–Crippen MR) is 63.7 cm³/mol. The van der Waals surface area contributed by atoms with Gasteiger partial charge in [0.2, 0.25) is 0 Å². The van der Waals surface area contributed by atoms with Crippen molar-refractivity contribution in [2.45, 2.75) is 37.8 Å². The summed E-state index contributed by atoms with van der Waals surface area (Å²) in [6.07, 6.45) is -2.94. The van der Waals surface area contributed by atoms with Crippen molar-refractivity contribution in [3.63, 3.8) is 0 Å². The second-order valence-corrected chi connectivity index (χ2v) is 5.25. The second kappa shape index (κ2) is 4.69. The van der Waals surface area contributed by atoms with E-state index >= 15 is 0 Å². The fourth-order valence-corrected chi connectivity index (χ4v) is 2.57. The third kappa shape index (κ3) is 2.69. The molecule has 1 aliphatic rings. The SMILES string of the molecule is COc1c(F)cccc1C1(CC(C)C(F)(F)F)CC1. The van der Waals surface area contributed by atoms with Gasteiger partial charge in [0.1, 0.15) is 0 Å². The summed E-state index contributed by atoms with van der Waals surface area (Å²) in [5.74, 6) is -1.84. The lowest BCUT2D eigenvalue weighted by Gasteiger charge is -2.24. The number of ether oxygens (including phenoxy) is 1. The molecule has 0 aromatic heterocycles. The summed E-state index contributed by atoms with van der Waals surface area (Å²) < 4.78 is 56.7. The highest BCUT2D eigenvalue weighted by atomic mass is 19.4. The molecule has 1 aromatic rings. The molecule has 0 amide bonds. The van der Waals surface area contributed by atoms with Crippen LogP contribution in [0.15, 0.2) is 18.2 Å². The Morgan fingerprint density at radius 3 is 2.42 bits per heavy atom. The van der Waals surface area contributed by atoms with Crippen molar-refractivity contribution in [3.05, 3.63) is 29.6 Å². The molecular weight excluding hydrogens is 260 g/mol. The molecule has 0 radical (unpaired) electrons. The van der Waals surface area contributed by atoms with Gasteiger partial charge in [0, 0.05) is 5.56 Å². The van der Waals surface area contributed by atoms with Crippen molar-refractivity contribution in [3.8, 4) is 5.75 Å². The fourth-order valence-electron chi connectivity index (χ4n) is 2.57. The molecule has 1 atom stereocenters. The summed E-state index contributed by atoms with van der Waals surface area (Å²) in [5.41, 5.74) is -0.0198. The first-order valence-electron chi connectivity index (χ1n) is 6.20. The third-order valence-electron chi connectivity index (χ3n) is 3.85. The molecule has 0 saturated heterocycles. The Hall–Kier alpha value is -1.26. The molecule has 0 heterocycles. The highest BCUT2D eigenvalue weighted by Gasteiger charge is 2.51. The van der Waals surface area contributed by atoms with Crippen LogP contribution in [0.25, 0.3) is 0 Å². The van der Waals surface area contributed by atoms with E-state index < -0.39 is 23.3 Å². The number of halogens is 4. The van der Waals surface area contributed by atoms with Crippen molar-refractivity contribution in [1.82, 2.24) is 0 Å². The Bertz CT molecular complexity index is 463. The van der Waals surface area contributed by atoms with Crippen LogP contribution in [-0.2, 0) is 5.41 Å². The maximum Gasteiger partial charge on any atom is 0.391 e. The van der Waals surface area contributed by atoms with Crippen LogP contribution in [0.2, 0.25) is 0 Å². The number of para-hydroxylation sites is 1. The lowest BCUT2D eigenvalue weighted by Crippen LogP contribution is -2.25. The van der Waals surface area contributed by atoms with E-state index in [0.29, 0.717) is 18.4 Å². The van der Waals surface area contributed by atoms with Crippen molar-refractivity contribution in [2.75, 3.05) is 7.11 Å². The fraction of sp³-hybridized carbons (Fsp3) is 0.571. The molecule has 1 fully saturated rings. The van der Waals surface area contributed by atoms with Gasteiger partial charge in [-0.3, -0.25) is 0 Å². The summed E-state index contributed by atoms with van der Waals surface area (Å²) in [6, 6.07) is 4.44. The van der Waals surface area contributed by atoms with E-state index in [9.17, 15) is 17.6 Å². The van der Waals surface area contributed by atoms with Gasteiger partial charge in [-0.25, -0.2) is 4.39 Å². The topological polar surface area (TPSA) is 9.23 Å². The third-order valence-corrected chi connectivity index (χ3v) is 3.85. The minimum atomic E-state index is -4.21. The zero-order chi connectivity index (χ0) is 14.3. The van der Waals surface area contributed by atoms with Crippen molar-refractivity contribution < 1.29 is 22.3 Å². The molecule has 1 saturated carbocycles. The van der Waals surface area contributed by atoms with Crippen molar-refractivity contribution in [2.24, 2.45) is 5.92 Å². The number of hydrogen-bond acceptors (Lipinski definition) is 1. The zero-order valence-electron chi connectivity index (χ0n) is 10.9. The molecule has 1 aliphatic carbocycles. The number of rotatable bonds is 4. The minimum Gasteiger partial charge on any atom is -0.493 e. The standard InChI is InChI=1S/C14H16F4O/c1-9(14(16,17)18)8-13(6-7-13)10-4-3-5-11(15)12(10)19-2/h3-5,9H,6-8H2,1-2H3. The molecule has 19 heavy (non-hydrogen) atoms. The van der Waals surface area contributed by atoms with Gasteiger partial charge in [-0.15, -0.1) is 0 Å². The molecule has 0 bridgehead atoms.